The molecule has 0 amide bonds. The Morgan fingerprint density at radius 2 is 1.50 bits per heavy atom. The summed E-state index contributed by atoms with van der Waals surface area (Å²) in [7, 11) is 0. The quantitative estimate of drug-likeness (QED) is 0.708. The predicted molar refractivity (Wildman–Crippen MR) is 72.9 cm³/mol. The largest absolute Gasteiger partial charge is 0.388 e. The second-order valence-corrected chi connectivity index (χ2v) is 7.30. The van der Waals surface area contributed by atoms with E-state index in [0.717, 1.165) is 51.4 Å². The van der Waals surface area contributed by atoms with E-state index in [0.29, 0.717) is 5.41 Å². The molecular weight excluding hydrogens is 222 g/mol. The zero-order valence-corrected chi connectivity index (χ0v) is 12.0. The Bertz CT molecular complexity index is 335. The highest BCUT2D eigenvalue weighted by atomic mass is 16.3. The van der Waals surface area contributed by atoms with E-state index >= 15 is 0 Å². The maximum atomic E-state index is 11.1. The van der Waals surface area contributed by atoms with E-state index < -0.39 is 11.0 Å². The molecule has 0 bridgehead atoms. The Balaban J connectivity index is 2.21. The Hall–Kier alpha value is -0.550. The number of rotatable bonds is 1. The van der Waals surface area contributed by atoms with E-state index in [4.69, 9.17) is 0 Å². The first-order valence-corrected chi connectivity index (χ1v) is 7.57. The molecule has 0 saturated heterocycles. The minimum atomic E-state index is -0.726. The zero-order valence-electron chi connectivity index (χ0n) is 12.0. The fraction of sp³-hybridized carbons (Fsp3) is 0.938. The summed E-state index contributed by atoms with van der Waals surface area (Å²) in [6.45, 7) is 4.58. The fourth-order valence-corrected chi connectivity index (χ4v) is 3.97. The molecule has 0 heterocycles. The second kappa shape index (κ2) is 4.85. The Morgan fingerprint density at radius 3 is 2.11 bits per heavy atom. The first-order chi connectivity index (χ1) is 8.43. The van der Waals surface area contributed by atoms with Crippen molar-refractivity contribution in [3.63, 3.8) is 0 Å². The third kappa shape index (κ3) is 2.43. The van der Waals surface area contributed by atoms with Crippen LogP contribution in [0, 0.1) is 22.2 Å². The number of nitriles is 1. The van der Waals surface area contributed by atoms with Crippen molar-refractivity contribution >= 4 is 0 Å². The maximum Gasteiger partial charge on any atom is 0.0860 e. The molecule has 2 fully saturated rings. The molecule has 18 heavy (non-hydrogen) atoms. The zero-order chi connectivity index (χ0) is 13.3. The van der Waals surface area contributed by atoms with Crippen LogP contribution in [-0.2, 0) is 0 Å². The number of hydrogen-bond donors (Lipinski definition) is 1. The summed E-state index contributed by atoms with van der Waals surface area (Å²) in [6, 6.07) is 2.53. The van der Waals surface area contributed by atoms with Crippen LogP contribution in [0.4, 0.5) is 0 Å². The minimum absolute atomic E-state index is 0.329. The molecule has 0 radical (unpaired) electrons. The first kappa shape index (κ1) is 13.9. The maximum absolute atomic E-state index is 11.1. The van der Waals surface area contributed by atoms with Gasteiger partial charge in [0.1, 0.15) is 0 Å². The van der Waals surface area contributed by atoms with Gasteiger partial charge in [0.15, 0.2) is 0 Å². The van der Waals surface area contributed by atoms with Crippen molar-refractivity contribution in [2.24, 2.45) is 10.8 Å². The smallest absolute Gasteiger partial charge is 0.0860 e. The van der Waals surface area contributed by atoms with Gasteiger partial charge in [0.05, 0.1) is 17.1 Å². The summed E-state index contributed by atoms with van der Waals surface area (Å²) in [5.41, 5.74) is -0.850. The van der Waals surface area contributed by atoms with E-state index in [2.05, 4.69) is 19.9 Å². The summed E-state index contributed by atoms with van der Waals surface area (Å²) >= 11 is 0. The van der Waals surface area contributed by atoms with Crippen molar-refractivity contribution in [3.8, 4) is 6.07 Å². The lowest BCUT2D eigenvalue weighted by molar-refractivity contribution is -0.0847. The summed E-state index contributed by atoms with van der Waals surface area (Å²) in [5.74, 6) is 0. The van der Waals surface area contributed by atoms with Gasteiger partial charge in [-0.2, -0.15) is 5.26 Å². The topological polar surface area (TPSA) is 44.0 Å². The van der Waals surface area contributed by atoms with Gasteiger partial charge >= 0.3 is 0 Å². The van der Waals surface area contributed by atoms with Gasteiger partial charge in [-0.15, -0.1) is 0 Å². The fourth-order valence-electron chi connectivity index (χ4n) is 3.97. The molecule has 2 rings (SSSR count). The molecule has 0 aliphatic heterocycles. The van der Waals surface area contributed by atoms with Gasteiger partial charge in [-0.05, 0) is 43.9 Å². The molecule has 1 unspecified atom stereocenters. The van der Waals surface area contributed by atoms with E-state index in [9.17, 15) is 10.4 Å². The molecule has 1 N–H and O–H groups in total. The molecule has 0 spiro atoms. The third-order valence-electron chi connectivity index (χ3n) is 5.47. The van der Waals surface area contributed by atoms with Gasteiger partial charge in [-0.25, -0.2) is 0 Å². The summed E-state index contributed by atoms with van der Waals surface area (Å²) in [4.78, 5) is 0. The van der Waals surface area contributed by atoms with Crippen molar-refractivity contribution in [2.75, 3.05) is 0 Å². The van der Waals surface area contributed by atoms with Crippen LogP contribution in [0.5, 0.6) is 0 Å². The lowest BCUT2D eigenvalue weighted by Crippen LogP contribution is -2.48. The molecule has 102 valence electrons. The van der Waals surface area contributed by atoms with Crippen LogP contribution in [0.15, 0.2) is 0 Å². The molecule has 2 aliphatic rings. The molecule has 2 nitrogen and oxygen atoms in total. The van der Waals surface area contributed by atoms with Crippen LogP contribution >= 0.6 is 0 Å². The second-order valence-electron chi connectivity index (χ2n) is 7.30. The van der Waals surface area contributed by atoms with E-state index in [1.807, 2.05) is 0 Å². The van der Waals surface area contributed by atoms with Crippen LogP contribution in [0.25, 0.3) is 0 Å². The van der Waals surface area contributed by atoms with Crippen molar-refractivity contribution in [1.82, 2.24) is 0 Å². The van der Waals surface area contributed by atoms with Crippen LogP contribution in [0.1, 0.15) is 78.1 Å². The number of aliphatic hydroxyl groups is 1. The van der Waals surface area contributed by atoms with Gasteiger partial charge in [0.25, 0.3) is 0 Å². The summed E-state index contributed by atoms with van der Waals surface area (Å²) < 4.78 is 0. The Kier molecular flexibility index (Phi) is 3.74. The van der Waals surface area contributed by atoms with Gasteiger partial charge in [0.2, 0.25) is 0 Å². The minimum Gasteiger partial charge on any atom is -0.388 e. The van der Waals surface area contributed by atoms with E-state index in [1.165, 1.54) is 12.8 Å². The van der Waals surface area contributed by atoms with Crippen molar-refractivity contribution in [1.29, 1.82) is 5.26 Å². The lowest BCUT2D eigenvalue weighted by Gasteiger charge is -2.45. The van der Waals surface area contributed by atoms with Crippen LogP contribution in [0.2, 0.25) is 0 Å². The van der Waals surface area contributed by atoms with Gasteiger partial charge in [-0.3, -0.25) is 0 Å². The van der Waals surface area contributed by atoms with Gasteiger partial charge in [-0.1, -0.05) is 39.5 Å². The molecule has 0 aromatic carbocycles. The molecule has 2 saturated carbocycles. The highest BCUT2D eigenvalue weighted by Gasteiger charge is 2.51. The standard InChI is InChI=1S/C16H27NO/c1-14(2)7-6-10-16(18,12-11-14)15(13-17)8-4-3-5-9-15/h18H,3-12H2,1-2H3. The molecule has 1 atom stereocenters. The average molecular weight is 249 g/mol. The molecule has 2 aliphatic carbocycles. The SMILES string of the molecule is CC1(C)CCCC(O)(C2(C#N)CCCCC2)CC1. The van der Waals surface area contributed by atoms with Crippen LogP contribution in [0.3, 0.4) is 0 Å². The predicted octanol–water partition coefficient (Wildman–Crippen LogP) is 4.18. The van der Waals surface area contributed by atoms with Crippen molar-refractivity contribution in [3.05, 3.63) is 0 Å². The average Bonchev–Trinajstić information content (AvgIpc) is 2.50. The highest BCUT2D eigenvalue weighted by molar-refractivity contribution is 5.13. The van der Waals surface area contributed by atoms with E-state index in [-0.39, 0.29) is 0 Å². The molecule has 2 heteroatoms. The Labute approximate surface area is 111 Å². The monoisotopic (exact) mass is 249 g/mol. The van der Waals surface area contributed by atoms with Crippen LogP contribution in [-0.4, -0.2) is 10.7 Å². The summed E-state index contributed by atoms with van der Waals surface area (Å²) in [6.07, 6.45) is 10.2. The molecular formula is C16H27NO. The van der Waals surface area contributed by atoms with Crippen molar-refractivity contribution < 1.29 is 5.11 Å². The normalized spacial score (nSPS) is 35.4. The Morgan fingerprint density at radius 1 is 0.833 bits per heavy atom. The van der Waals surface area contributed by atoms with E-state index in [1.54, 1.807) is 0 Å². The number of hydrogen-bond acceptors (Lipinski definition) is 2. The third-order valence-corrected chi connectivity index (χ3v) is 5.47. The molecule has 0 aromatic heterocycles. The van der Waals surface area contributed by atoms with Crippen LogP contribution < -0.4 is 0 Å². The highest BCUT2D eigenvalue weighted by Crippen LogP contribution is 2.52. The van der Waals surface area contributed by atoms with Gasteiger partial charge in [0, 0.05) is 0 Å². The number of nitrogens with zero attached hydrogens (tertiary/aromatic N) is 1. The summed E-state index contributed by atoms with van der Waals surface area (Å²) in [5, 5.41) is 20.8. The van der Waals surface area contributed by atoms with Gasteiger partial charge < -0.3 is 5.11 Å². The molecule has 0 aromatic rings. The lowest BCUT2D eigenvalue weighted by atomic mass is 9.61. The van der Waals surface area contributed by atoms with Crippen molar-refractivity contribution in [2.45, 2.75) is 83.7 Å². The first-order valence-electron chi connectivity index (χ1n) is 7.57.